The maximum absolute atomic E-state index is 15.3. The Morgan fingerprint density at radius 3 is 2.39 bits per heavy atom. The second-order valence-electron chi connectivity index (χ2n) is 9.37. The Morgan fingerprint density at radius 2 is 1.70 bits per heavy atom. The second-order valence-corrected chi connectivity index (χ2v) is 13.8. The summed E-state index contributed by atoms with van der Waals surface area (Å²) in [5, 5.41) is 11.2. The topological polar surface area (TPSA) is 257 Å². The largest absolute Gasteiger partial charge is 0.490 e. The van der Waals surface area contributed by atoms with Gasteiger partial charge in [-0.1, -0.05) is 30.3 Å². The van der Waals surface area contributed by atoms with Crippen molar-refractivity contribution in [3.8, 4) is 22.5 Å². The molecule has 0 saturated carbocycles. The van der Waals surface area contributed by atoms with Crippen molar-refractivity contribution in [1.82, 2.24) is 9.55 Å². The van der Waals surface area contributed by atoms with Gasteiger partial charge in [0.05, 0.1) is 18.3 Å². The summed E-state index contributed by atoms with van der Waals surface area (Å²) in [5.74, 6) is -0.439. The van der Waals surface area contributed by atoms with Gasteiger partial charge in [-0.2, -0.15) is 8.62 Å². The monoisotopic (exact) mass is 678 g/mol. The van der Waals surface area contributed by atoms with Crippen LogP contribution in [0.1, 0.15) is 12.6 Å². The molecule has 4 aromatic rings. The first kappa shape index (κ1) is 32.3. The van der Waals surface area contributed by atoms with Gasteiger partial charge in [0, 0.05) is 29.1 Å². The van der Waals surface area contributed by atoms with Crippen LogP contribution in [0.3, 0.4) is 0 Å². The van der Waals surface area contributed by atoms with Gasteiger partial charge >= 0.3 is 29.2 Å². The van der Waals surface area contributed by atoms with Gasteiger partial charge in [-0.25, -0.2) is 22.9 Å². The first-order chi connectivity index (χ1) is 20.5. The molecular formula is C23H22FN2O15P3. The molecule has 2 aromatic heterocycles. The molecule has 5 atom stereocenters. The molecule has 1 saturated heterocycles. The van der Waals surface area contributed by atoms with Crippen LogP contribution in [0, 0.1) is 5.82 Å². The number of benzene rings is 2. The molecule has 0 aliphatic carbocycles. The molecule has 0 spiro atoms. The van der Waals surface area contributed by atoms with Crippen LogP contribution in [0.15, 0.2) is 68.7 Å². The fourth-order valence-electron chi connectivity index (χ4n) is 4.41. The number of phosphoric ester groups is 1. The number of hydrogen-bond acceptors (Lipinski definition) is 11. The van der Waals surface area contributed by atoms with Crippen LogP contribution in [0.2, 0.25) is 0 Å². The van der Waals surface area contributed by atoms with E-state index in [2.05, 4.69) is 13.1 Å². The highest BCUT2D eigenvalue weighted by Gasteiger charge is 2.43. The molecule has 0 bridgehead atoms. The maximum Gasteiger partial charge on any atom is 0.490 e. The molecule has 1 fully saturated rings. The second kappa shape index (κ2) is 12.0. The molecular weight excluding hydrogens is 656 g/mol. The lowest BCUT2D eigenvalue weighted by molar-refractivity contribution is -0.0449. The van der Waals surface area contributed by atoms with Gasteiger partial charge in [-0.3, -0.25) is 18.9 Å². The number of nitrogens with zero attached hydrogens (tertiary/aromatic N) is 1. The quantitative estimate of drug-likeness (QED) is 0.132. The van der Waals surface area contributed by atoms with Gasteiger partial charge in [0.15, 0.2) is 0 Å². The first-order valence-electron chi connectivity index (χ1n) is 12.3. The van der Waals surface area contributed by atoms with Crippen LogP contribution in [0.4, 0.5) is 4.39 Å². The van der Waals surface area contributed by atoms with Crippen LogP contribution in [-0.2, 0) is 31.6 Å². The smallest absolute Gasteiger partial charge is 0.456 e. The molecule has 17 nitrogen and oxygen atoms in total. The molecule has 0 amide bonds. The number of rotatable bonds is 10. The van der Waals surface area contributed by atoms with E-state index in [1.54, 1.807) is 18.2 Å². The maximum atomic E-state index is 15.3. The molecule has 0 radical (unpaired) electrons. The van der Waals surface area contributed by atoms with Gasteiger partial charge in [0.1, 0.15) is 29.5 Å². The minimum atomic E-state index is -5.77. The van der Waals surface area contributed by atoms with E-state index in [0.717, 1.165) is 22.2 Å². The summed E-state index contributed by atoms with van der Waals surface area (Å²) >= 11 is 0. The van der Waals surface area contributed by atoms with Crippen molar-refractivity contribution < 1.29 is 65.1 Å². The minimum absolute atomic E-state index is 0.178. The standard InChI is InChI=1S/C23H22FN2O15P3/c24-16-7-13(19-8-12-3-1-2-4-18(12)38-19)5-6-14(16)15-10-26(23(29)25-22(15)28)21-9-17(27)20(39-21)11-37-43(33,34)41-44(35,36)40-42(30,31)32/h1-8,10,17,20-21,27H,9,11H2,(H,33,34)(H,35,36)(H,25,28,29)(H2,30,31,32)/t17-,20+,21+/m0/s1. The van der Waals surface area contributed by atoms with Gasteiger partial charge < -0.3 is 33.8 Å². The Hall–Kier alpha value is -3.08. The summed E-state index contributed by atoms with van der Waals surface area (Å²) in [5.41, 5.74) is -1.40. The highest BCUT2D eigenvalue weighted by atomic mass is 31.3. The van der Waals surface area contributed by atoms with Crippen LogP contribution >= 0.6 is 23.5 Å². The number of aliphatic hydroxyl groups is 1. The number of aromatic nitrogens is 2. The van der Waals surface area contributed by atoms with Crippen molar-refractivity contribution in [2.45, 2.75) is 24.9 Å². The zero-order chi connectivity index (χ0) is 32.0. The van der Waals surface area contributed by atoms with Crippen LogP contribution in [0.25, 0.3) is 33.4 Å². The Bertz CT molecular complexity index is 1950. The first-order valence-corrected chi connectivity index (χ1v) is 16.8. The number of ether oxygens (including phenoxy) is 1. The third kappa shape index (κ3) is 7.41. The molecule has 1 aliphatic heterocycles. The predicted octanol–water partition coefficient (Wildman–Crippen LogP) is 2.75. The van der Waals surface area contributed by atoms with E-state index in [1.165, 1.54) is 12.1 Å². The van der Waals surface area contributed by atoms with Crippen molar-refractivity contribution in [3.05, 3.63) is 81.4 Å². The number of halogens is 1. The molecule has 21 heteroatoms. The summed E-state index contributed by atoms with van der Waals surface area (Å²) in [6.07, 6.45) is -3.55. The van der Waals surface area contributed by atoms with Crippen molar-refractivity contribution in [2.75, 3.05) is 6.61 Å². The summed E-state index contributed by atoms with van der Waals surface area (Å²) < 4.78 is 73.3. The minimum Gasteiger partial charge on any atom is -0.456 e. The van der Waals surface area contributed by atoms with Crippen LogP contribution < -0.4 is 11.2 Å². The van der Waals surface area contributed by atoms with Crippen LogP contribution in [-0.4, -0.2) is 53.0 Å². The SMILES string of the molecule is O=c1[nH]c(=O)n([C@H]2C[C@H](O)[C@@H](COP(=O)(O)OP(=O)(O)OP(=O)(O)O)O2)cc1-c1ccc(-c2cc3ccccc3o2)cc1F. The van der Waals surface area contributed by atoms with E-state index in [-0.39, 0.29) is 17.5 Å². The van der Waals surface area contributed by atoms with Gasteiger partial charge in [0.2, 0.25) is 0 Å². The lowest BCUT2D eigenvalue weighted by Crippen LogP contribution is -2.33. The highest BCUT2D eigenvalue weighted by Crippen LogP contribution is 2.66. The average Bonchev–Trinajstić information content (AvgIpc) is 3.49. The number of H-pyrrole nitrogens is 1. The molecule has 1 aliphatic rings. The molecule has 2 aromatic carbocycles. The van der Waals surface area contributed by atoms with Gasteiger partial charge in [0.25, 0.3) is 5.56 Å². The van der Waals surface area contributed by atoms with E-state index in [0.29, 0.717) is 16.9 Å². The number of aliphatic hydroxyl groups excluding tert-OH is 1. The Kier molecular flexibility index (Phi) is 8.83. The number of aromatic amines is 1. The molecule has 44 heavy (non-hydrogen) atoms. The third-order valence-electron chi connectivity index (χ3n) is 6.27. The summed E-state index contributed by atoms with van der Waals surface area (Å²) in [4.78, 5) is 63.3. The summed E-state index contributed by atoms with van der Waals surface area (Å²) in [6.45, 7) is -0.982. The molecule has 2 unspecified atom stereocenters. The fraction of sp³-hybridized carbons (Fsp3) is 0.217. The molecule has 236 valence electrons. The number of nitrogens with one attached hydrogen (secondary N) is 1. The van der Waals surface area contributed by atoms with E-state index in [9.17, 15) is 38.2 Å². The summed E-state index contributed by atoms with van der Waals surface area (Å²) in [6, 6.07) is 12.9. The van der Waals surface area contributed by atoms with Crippen molar-refractivity contribution in [3.63, 3.8) is 0 Å². The lowest BCUT2D eigenvalue weighted by Gasteiger charge is -2.19. The Labute approximate surface area is 244 Å². The van der Waals surface area contributed by atoms with Crippen molar-refractivity contribution in [2.24, 2.45) is 0 Å². The zero-order valence-electron chi connectivity index (χ0n) is 21.8. The number of furan rings is 1. The Morgan fingerprint density at radius 1 is 0.977 bits per heavy atom. The van der Waals surface area contributed by atoms with Crippen LogP contribution in [0.5, 0.6) is 0 Å². The number of para-hydroxylation sites is 1. The van der Waals surface area contributed by atoms with Gasteiger partial charge in [-0.15, -0.1) is 0 Å². The highest BCUT2D eigenvalue weighted by molar-refractivity contribution is 7.66. The average molecular weight is 678 g/mol. The number of hydrogen-bond donors (Lipinski definition) is 6. The van der Waals surface area contributed by atoms with E-state index in [1.807, 2.05) is 17.1 Å². The Balaban J connectivity index is 1.33. The van der Waals surface area contributed by atoms with Gasteiger partial charge in [-0.05, 0) is 18.2 Å². The molecule has 3 heterocycles. The number of phosphoric acid groups is 3. The number of fused-ring (bicyclic) bond motifs is 1. The zero-order valence-corrected chi connectivity index (χ0v) is 24.5. The predicted molar refractivity (Wildman–Crippen MR) is 146 cm³/mol. The van der Waals surface area contributed by atoms with E-state index < -0.39 is 65.6 Å². The van der Waals surface area contributed by atoms with E-state index >= 15 is 4.39 Å². The molecule has 5 rings (SSSR count). The summed E-state index contributed by atoms with van der Waals surface area (Å²) in [7, 11) is -16.9. The van der Waals surface area contributed by atoms with Crippen molar-refractivity contribution in [1.29, 1.82) is 0 Å². The normalized spacial score (nSPS) is 21.7. The lowest BCUT2D eigenvalue weighted by atomic mass is 10.0. The van der Waals surface area contributed by atoms with E-state index in [4.69, 9.17) is 18.9 Å². The fourth-order valence-corrected chi connectivity index (χ4v) is 7.44. The molecule has 6 N–H and O–H groups in total. The van der Waals surface area contributed by atoms with Crippen molar-refractivity contribution >= 4 is 34.4 Å². The third-order valence-corrected chi connectivity index (χ3v) is 10.1.